The summed E-state index contributed by atoms with van der Waals surface area (Å²) in [5, 5.41) is 4.69. The molecule has 1 aliphatic heterocycles. The van der Waals surface area contributed by atoms with Crippen LogP contribution < -0.4 is 5.32 Å². The molecule has 0 fully saturated rings. The van der Waals surface area contributed by atoms with E-state index in [9.17, 15) is 0 Å². The van der Waals surface area contributed by atoms with Gasteiger partial charge in [-0.3, -0.25) is 4.98 Å². The summed E-state index contributed by atoms with van der Waals surface area (Å²) in [5.74, 6) is 1.12. The van der Waals surface area contributed by atoms with Crippen LogP contribution in [0.3, 0.4) is 0 Å². The van der Waals surface area contributed by atoms with E-state index in [1.807, 2.05) is 36.5 Å². The fourth-order valence-corrected chi connectivity index (χ4v) is 3.42. The number of pyridine rings is 1. The smallest absolute Gasteiger partial charge is 0.102 e. The van der Waals surface area contributed by atoms with Crippen molar-refractivity contribution in [2.24, 2.45) is 0 Å². The third-order valence-electron chi connectivity index (χ3n) is 4.46. The van der Waals surface area contributed by atoms with Crippen LogP contribution >= 0.6 is 23.2 Å². The van der Waals surface area contributed by atoms with Gasteiger partial charge >= 0.3 is 0 Å². The van der Waals surface area contributed by atoms with Crippen LogP contribution in [0.2, 0.25) is 10.0 Å². The van der Waals surface area contributed by atoms with E-state index in [1.54, 1.807) is 0 Å². The average molecular weight is 388 g/mol. The molecule has 0 bridgehead atoms. The van der Waals surface area contributed by atoms with Crippen LogP contribution in [0.1, 0.15) is 24.1 Å². The predicted molar refractivity (Wildman–Crippen MR) is 111 cm³/mol. The number of aryl methyl sites for hydroxylation is 1. The summed E-state index contributed by atoms with van der Waals surface area (Å²) in [6.45, 7) is 5.74. The number of nitrogens with zero attached hydrogens (tertiary/aromatic N) is 2. The van der Waals surface area contributed by atoms with E-state index < -0.39 is 0 Å². The second-order valence-corrected chi connectivity index (χ2v) is 7.15. The van der Waals surface area contributed by atoms with Gasteiger partial charge in [0.25, 0.3) is 0 Å². The van der Waals surface area contributed by atoms with Gasteiger partial charge in [-0.2, -0.15) is 0 Å². The van der Waals surface area contributed by atoms with Crippen LogP contribution in [0.5, 0.6) is 0 Å². The largest absolute Gasteiger partial charge is 0.358 e. The number of rotatable bonds is 8. The van der Waals surface area contributed by atoms with Gasteiger partial charge in [0.15, 0.2) is 0 Å². The molecule has 1 aromatic carbocycles. The summed E-state index contributed by atoms with van der Waals surface area (Å²) < 4.78 is 0. The highest BCUT2D eigenvalue weighted by Gasteiger charge is 2.17. The Kier molecular flexibility index (Phi) is 6.59. The highest BCUT2D eigenvalue weighted by molar-refractivity contribution is 6.42. The molecule has 3 rings (SSSR count). The maximum Gasteiger partial charge on any atom is 0.102 e. The predicted octanol–water partition coefficient (Wildman–Crippen LogP) is 5.71. The lowest BCUT2D eigenvalue weighted by atomic mass is 10.1. The SMILES string of the molecule is C=CCCN(CCCc1ccccn1)C1=CCc2cc(Cl)c(Cl)cc2N1. The van der Waals surface area contributed by atoms with Crippen molar-refractivity contribution in [2.45, 2.75) is 25.7 Å². The number of nitrogens with one attached hydrogen (secondary N) is 1. The van der Waals surface area contributed by atoms with Crippen LogP contribution in [-0.4, -0.2) is 23.0 Å². The summed E-state index contributed by atoms with van der Waals surface area (Å²) >= 11 is 12.3. The third kappa shape index (κ3) is 4.80. The lowest BCUT2D eigenvalue weighted by Crippen LogP contribution is -2.31. The summed E-state index contributed by atoms with van der Waals surface area (Å²) in [4.78, 5) is 6.78. The molecule has 0 radical (unpaired) electrons. The van der Waals surface area contributed by atoms with Crippen LogP contribution in [-0.2, 0) is 12.8 Å². The lowest BCUT2D eigenvalue weighted by Gasteiger charge is -2.31. The zero-order valence-corrected chi connectivity index (χ0v) is 16.2. The van der Waals surface area contributed by atoms with Gasteiger partial charge in [-0.1, -0.05) is 35.3 Å². The van der Waals surface area contributed by atoms with Gasteiger partial charge < -0.3 is 10.2 Å². The van der Waals surface area contributed by atoms with E-state index in [-0.39, 0.29) is 0 Å². The lowest BCUT2D eigenvalue weighted by molar-refractivity contribution is 0.346. The molecule has 136 valence electrons. The van der Waals surface area contributed by atoms with Crippen molar-refractivity contribution in [1.29, 1.82) is 0 Å². The maximum absolute atomic E-state index is 6.18. The summed E-state index contributed by atoms with van der Waals surface area (Å²) in [5.41, 5.74) is 3.33. The van der Waals surface area contributed by atoms with Crippen LogP contribution in [0.4, 0.5) is 5.69 Å². The molecule has 0 unspecified atom stereocenters. The van der Waals surface area contributed by atoms with E-state index in [4.69, 9.17) is 23.2 Å². The van der Waals surface area contributed by atoms with Crippen molar-refractivity contribution in [2.75, 3.05) is 18.4 Å². The molecule has 1 aliphatic rings. The Labute approximate surface area is 165 Å². The van der Waals surface area contributed by atoms with Crippen molar-refractivity contribution >= 4 is 28.9 Å². The quantitative estimate of drug-likeness (QED) is 0.587. The number of benzene rings is 1. The first-order valence-corrected chi connectivity index (χ1v) is 9.64. The topological polar surface area (TPSA) is 28.2 Å². The zero-order valence-electron chi connectivity index (χ0n) is 14.7. The number of aromatic nitrogens is 1. The molecule has 0 amide bonds. The molecule has 3 nitrogen and oxygen atoms in total. The van der Waals surface area contributed by atoms with Gasteiger partial charge in [0, 0.05) is 30.7 Å². The first-order valence-electron chi connectivity index (χ1n) is 8.88. The number of anilines is 1. The van der Waals surface area contributed by atoms with E-state index in [2.05, 4.69) is 33.9 Å². The molecular weight excluding hydrogens is 365 g/mol. The second-order valence-electron chi connectivity index (χ2n) is 6.33. The molecule has 0 saturated heterocycles. The molecule has 2 heterocycles. The molecule has 0 aliphatic carbocycles. The molecule has 1 aromatic heterocycles. The zero-order chi connectivity index (χ0) is 18.4. The Morgan fingerprint density at radius 2 is 2.04 bits per heavy atom. The first kappa shape index (κ1) is 18.8. The summed E-state index contributed by atoms with van der Waals surface area (Å²) in [6.07, 6.45) is 9.83. The number of halogens is 2. The molecule has 5 heteroatoms. The van der Waals surface area contributed by atoms with Crippen molar-refractivity contribution in [1.82, 2.24) is 9.88 Å². The Bertz CT molecular complexity index is 787. The van der Waals surface area contributed by atoms with Gasteiger partial charge in [-0.05, 0) is 61.6 Å². The number of hydrogen-bond donors (Lipinski definition) is 1. The fourth-order valence-electron chi connectivity index (χ4n) is 3.07. The minimum Gasteiger partial charge on any atom is -0.358 e. The minimum atomic E-state index is 0.576. The highest BCUT2D eigenvalue weighted by Crippen LogP contribution is 2.33. The van der Waals surface area contributed by atoms with Crippen LogP contribution in [0.25, 0.3) is 0 Å². The normalized spacial score (nSPS) is 12.8. The van der Waals surface area contributed by atoms with Gasteiger partial charge in [-0.15, -0.1) is 6.58 Å². The molecular formula is C21H23Cl2N3. The van der Waals surface area contributed by atoms with Crippen molar-refractivity contribution in [3.8, 4) is 0 Å². The van der Waals surface area contributed by atoms with Gasteiger partial charge in [0.1, 0.15) is 5.82 Å². The summed E-state index contributed by atoms with van der Waals surface area (Å²) in [7, 11) is 0. The molecule has 26 heavy (non-hydrogen) atoms. The van der Waals surface area contributed by atoms with Gasteiger partial charge in [0.2, 0.25) is 0 Å². The molecule has 1 N–H and O–H groups in total. The fraction of sp³-hybridized carbons (Fsp3) is 0.286. The van der Waals surface area contributed by atoms with E-state index in [1.165, 1.54) is 5.56 Å². The molecule has 2 aromatic rings. The van der Waals surface area contributed by atoms with E-state index in [0.29, 0.717) is 10.0 Å². The Balaban J connectivity index is 1.66. The number of hydrogen-bond acceptors (Lipinski definition) is 3. The van der Waals surface area contributed by atoms with Crippen molar-refractivity contribution in [3.05, 3.63) is 82.4 Å². The summed E-state index contributed by atoms with van der Waals surface area (Å²) in [6, 6.07) is 9.91. The standard InChI is InChI=1S/C21H23Cl2N3/c1-2-3-12-26(13-6-8-17-7-4-5-11-24-17)21-10-9-16-14-18(22)19(23)15-20(16)25-21/h2,4-5,7,10-11,14-15,25H,1,3,6,8-9,12-13H2. The Morgan fingerprint density at radius 3 is 2.81 bits per heavy atom. The first-order chi connectivity index (χ1) is 12.7. The van der Waals surface area contributed by atoms with Crippen LogP contribution in [0, 0.1) is 0 Å². The molecule has 0 saturated carbocycles. The number of fused-ring (bicyclic) bond motifs is 1. The average Bonchev–Trinajstić information content (AvgIpc) is 2.66. The van der Waals surface area contributed by atoms with Crippen molar-refractivity contribution in [3.63, 3.8) is 0 Å². The van der Waals surface area contributed by atoms with E-state index in [0.717, 1.165) is 56.0 Å². The minimum absolute atomic E-state index is 0.576. The van der Waals surface area contributed by atoms with Crippen molar-refractivity contribution < 1.29 is 0 Å². The monoisotopic (exact) mass is 387 g/mol. The van der Waals surface area contributed by atoms with E-state index >= 15 is 0 Å². The van der Waals surface area contributed by atoms with Gasteiger partial charge in [0.05, 0.1) is 10.0 Å². The van der Waals surface area contributed by atoms with Crippen LogP contribution in [0.15, 0.2) is 61.1 Å². The maximum atomic E-state index is 6.18. The number of allylic oxidation sites excluding steroid dienone is 1. The highest BCUT2D eigenvalue weighted by atomic mass is 35.5. The second kappa shape index (κ2) is 9.11. The van der Waals surface area contributed by atoms with Gasteiger partial charge in [-0.25, -0.2) is 0 Å². The Morgan fingerprint density at radius 1 is 1.19 bits per heavy atom. The molecule has 0 atom stereocenters. The Hall–Kier alpha value is -1.97. The third-order valence-corrected chi connectivity index (χ3v) is 5.18. The molecule has 0 spiro atoms.